The summed E-state index contributed by atoms with van der Waals surface area (Å²) in [7, 11) is 0. The maximum atomic E-state index is 3.10. The van der Waals surface area contributed by atoms with Crippen molar-refractivity contribution in [2.24, 2.45) is 0 Å². The molecule has 1 aliphatic heterocycles. The van der Waals surface area contributed by atoms with Crippen molar-refractivity contribution >= 4 is 12.4 Å². The first-order valence-electron chi connectivity index (χ1n) is 3.34. The van der Waals surface area contributed by atoms with Gasteiger partial charge in [-0.3, -0.25) is 0 Å². The number of nitrogens with one attached hydrogen (secondary N) is 2. The van der Waals surface area contributed by atoms with Crippen LogP contribution in [0.15, 0.2) is 23.4 Å². The molecular weight excluding hydrogens is 148 g/mol. The molecule has 2 N–H and O–H groups in total. The van der Waals surface area contributed by atoms with Crippen molar-refractivity contribution in [1.29, 1.82) is 0 Å². The van der Waals surface area contributed by atoms with E-state index in [2.05, 4.69) is 23.0 Å². The van der Waals surface area contributed by atoms with Crippen LogP contribution in [0.2, 0.25) is 0 Å². The van der Waals surface area contributed by atoms with Gasteiger partial charge in [-0.25, -0.2) is 5.43 Å². The number of hydrazine groups is 1. The third kappa shape index (κ3) is 1.18. The highest BCUT2D eigenvalue weighted by atomic mass is 35.5. The quantitative estimate of drug-likeness (QED) is 0.552. The lowest BCUT2D eigenvalue weighted by atomic mass is 10.0. The Morgan fingerprint density at radius 1 is 1.40 bits per heavy atom. The maximum absolute atomic E-state index is 3.10. The van der Waals surface area contributed by atoms with Crippen molar-refractivity contribution in [2.45, 2.75) is 12.8 Å². The van der Waals surface area contributed by atoms with Gasteiger partial charge < -0.3 is 5.43 Å². The van der Waals surface area contributed by atoms with Gasteiger partial charge in [-0.15, -0.1) is 12.4 Å². The minimum atomic E-state index is 0. The lowest BCUT2D eigenvalue weighted by molar-refractivity contribution is 0.705. The van der Waals surface area contributed by atoms with E-state index < -0.39 is 0 Å². The third-order valence-corrected chi connectivity index (χ3v) is 1.80. The van der Waals surface area contributed by atoms with Crippen LogP contribution >= 0.6 is 12.4 Å². The Morgan fingerprint density at radius 2 is 2.30 bits per heavy atom. The molecule has 2 nitrogen and oxygen atoms in total. The fourth-order valence-corrected chi connectivity index (χ4v) is 1.27. The van der Waals surface area contributed by atoms with Crippen LogP contribution in [0, 0.1) is 0 Å². The lowest BCUT2D eigenvalue weighted by Crippen LogP contribution is -2.22. The number of rotatable bonds is 0. The van der Waals surface area contributed by atoms with E-state index in [4.69, 9.17) is 0 Å². The summed E-state index contributed by atoms with van der Waals surface area (Å²) in [5, 5.41) is 0. The molecule has 3 heteroatoms. The van der Waals surface area contributed by atoms with Crippen LogP contribution in [0.4, 0.5) is 0 Å². The molecule has 0 radical (unpaired) electrons. The average Bonchev–Trinajstić information content (AvgIpc) is 2.33. The summed E-state index contributed by atoms with van der Waals surface area (Å²) in [6.07, 6.45) is 6.80. The van der Waals surface area contributed by atoms with Crippen LogP contribution in [0.5, 0.6) is 0 Å². The number of halogens is 1. The first kappa shape index (κ1) is 7.63. The summed E-state index contributed by atoms with van der Waals surface area (Å²) in [5.41, 5.74) is 9.01. The second-order valence-corrected chi connectivity index (χ2v) is 2.44. The molecule has 2 aliphatic rings. The molecule has 0 saturated heterocycles. The van der Waals surface area contributed by atoms with Gasteiger partial charge in [0.05, 0.1) is 0 Å². The van der Waals surface area contributed by atoms with Crippen LogP contribution in [-0.2, 0) is 0 Å². The van der Waals surface area contributed by atoms with E-state index in [0.717, 1.165) is 6.54 Å². The Hall–Kier alpha value is -0.470. The van der Waals surface area contributed by atoms with E-state index in [-0.39, 0.29) is 12.4 Å². The zero-order valence-corrected chi connectivity index (χ0v) is 6.50. The third-order valence-electron chi connectivity index (χ3n) is 1.80. The summed E-state index contributed by atoms with van der Waals surface area (Å²) < 4.78 is 0. The minimum Gasteiger partial charge on any atom is -0.321 e. The molecule has 0 unspecified atom stereocenters. The SMILES string of the molecule is C1=CC2=C(CC1)CNN2.Cl. The van der Waals surface area contributed by atoms with E-state index in [1.54, 1.807) is 0 Å². The zero-order valence-electron chi connectivity index (χ0n) is 5.68. The van der Waals surface area contributed by atoms with Crippen molar-refractivity contribution in [3.8, 4) is 0 Å². The molecule has 1 aliphatic carbocycles. The molecule has 56 valence electrons. The molecule has 0 amide bonds. The largest absolute Gasteiger partial charge is 0.321 e. The topological polar surface area (TPSA) is 24.1 Å². The summed E-state index contributed by atoms with van der Waals surface area (Å²) in [6, 6.07) is 0. The molecular formula is C7H11ClN2. The van der Waals surface area contributed by atoms with Gasteiger partial charge >= 0.3 is 0 Å². The molecule has 0 saturated carbocycles. The Balaban J connectivity index is 0.000000500. The van der Waals surface area contributed by atoms with Crippen molar-refractivity contribution in [3.63, 3.8) is 0 Å². The first-order valence-corrected chi connectivity index (χ1v) is 3.34. The summed E-state index contributed by atoms with van der Waals surface area (Å²) >= 11 is 0. The number of allylic oxidation sites excluding steroid dienone is 2. The van der Waals surface area contributed by atoms with E-state index in [1.807, 2.05) is 0 Å². The maximum Gasteiger partial charge on any atom is 0.0490 e. The Kier molecular flexibility index (Phi) is 2.35. The van der Waals surface area contributed by atoms with Gasteiger partial charge in [-0.2, -0.15) is 0 Å². The van der Waals surface area contributed by atoms with Crippen molar-refractivity contribution in [3.05, 3.63) is 23.4 Å². The standard InChI is InChI=1S/C7H10N2.ClH/c1-2-4-7-6(3-1)5-8-9-7;/h2,4,8-9H,1,3,5H2;1H. The second kappa shape index (κ2) is 3.08. The molecule has 1 heterocycles. The lowest BCUT2D eigenvalue weighted by Gasteiger charge is -2.04. The molecule has 0 aromatic rings. The average molecular weight is 159 g/mol. The summed E-state index contributed by atoms with van der Waals surface area (Å²) in [6.45, 7) is 1.03. The molecule has 0 bridgehead atoms. The number of hydrogen-bond acceptors (Lipinski definition) is 2. The first-order chi connectivity index (χ1) is 4.47. The second-order valence-electron chi connectivity index (χ2n) is 2.44. The predicted octanol–water partition coefficient (Wildman–Crippen LogP) is 1.12. The van der Waals surface area contributed by atoms with Crippen molar-refractivity contribution in [1.82, 2.24) is 10.9 Å². The van der Waals surface area contributed by atoms with Crippen LogP contribution in [0.3, 0.4) is 0 Å². The minimum absolute atomic E-state index is 0. The molecule has 0 fully saturated rings. The van der Waals surface area contributed by atoms with Crippen LogP contribution in [0.25, 0.3) is 0 Å². The fraction of sp³-hybridized carbons (Fsp3) is 0.429. The van der Waals surface area contributed by atoms with Crippen LogP contribution < -0.4 is 10.9 Å². The van der Waals surface area contributed by atoms with E-state index in [0.29, 0.717) is 0 Å². The monoisotopic (exact) mass is 158 g/mol. The Bertz CT molecular complexity index is 184. The van der Waals surface area contributed by atoms with Crippen molar-refractivity contribution in [2.75, 3.05) is 6.54 Å². The fourth-order valence-electron chi connectivity index (χ4n) is 1.27. The van der Waals surface area contributed by atoms with E-state index in [9.17, 15) is 0 Å². The predicted molar refractivity (Wildman–Crippen MR) is 43.8 cm³/mol. The summed E-state index contributed by atoms with van der Waals surface area (Å²) in [4.78, 5) is 0. The highest BCUT2D eigenvalue weighted by molar-refractivity contribution is 5.85. The molecule has 10 heavy (non-hydrogen) atoms. The van der Waals surface area contributed by atoms with Crippen LogP contribution in [-0.4, -0.2) is 6.54 Å². The smallest absolute Gasteiger partial charge is 0.0490 e. The van der Waals surface area contributed by atoms with E-state index in [1.165, 1.54) is 24.1 Å². The van der Waals surface area contributed by atoms with Gasteiger partial charge in [0, 0.05) is 12.2 Å². The summed E-state index contributed by atoms with van der Waals surface area (Å²) in [5.74, 6) is 0. The number of hydrogen-bond donors (Lipinski definition) is 2. The van der Waals surface area contributed by atoms with Gasteiger partial charge in [0.1, 0.15) is 0 Å². The normalized spacial score (nSPS) is 21.6. The van der Waals surface area contributed by atoms with E-state index >= 15 is 0 Å². The molecule has 2 rings (SSSR count). The molecule has 0 aromatic heterocycles. The molecule has 0 spiro atoms. The van der Waals surface area contributed by atoms with Gasteiger partial charge in [0.25, 0.3) is 0 Å². The highest BCUT2D eigenvalue weighted by Gasteiger charge is 2.12. The molecule has 0 aromatic carbocycles. The zero-order chi connectivity index (χ0) is 6.10. The van der Waals surface area contributed by atoms with Gasteiger partial charge in [0.15, 0.2) is 0 Å². The van der Waals surface area contributed by atoms with Crippen LogP contribution in [0.1, 0.15) is 12.8 Å². The van der Waals surface area contributed by atoms with Crippen molar-refractivity contribution < 1.29 is 0 Å². The highest BCUT2D eigenvalue weighted by Crippen LogP contribution is 2.18. The molecule has 0 atom stereocenters. The van der Waals surface area contributed by atoms with Gasteiger partial charge in [0.2, 0.25) is 0 Å². The van der Waals surface area contributed by atoms with Gasteiger partial charge in [-0.1, -0.05) is 6.08 Å². The van der Waals surface area contributed by atoms with Gasteiger partial charge in [-0.05, 0) is 24.5 Å². The Morgan fingerprint density at radius 3 is 3.10 bits per heavy atom. The Labute approximate surface area is 66.8 Å².